The second kappa shape index (κ2) is 8.69. The molecule has 2 fully saturated rings. The van der Waals surface area contributed by atoms with Crippen LogP contribution in [0.1, 0.15) is 17.3 Å². The minimum absolute atomic E-state index is 0.0314. The maximum atomic E-state index is 14.8. The predicted octanol–water partition coefficient (Wildman–Crippen LogP) is 2.05. The molecule has 2 amide bonds. The highest BCUT2D eigenvalue weighted by Crippen LogP contribution is 2.47. The molecule has 184 valence electrons. The summed E-state index contributed by atoms with van der Waals surface area (Å²) in [5, 5.41) is 20.4. The first-order valence-corrected chi connectivity index (χ1v) is 11.6. The van der Waals surface area contributed by atoms with Gasteiger partial charge in [0.15, 0.2) is 5.75 Å². The second-order valence-corrected chi connectivity index (χ2v) is 9.23. The Morgan fingerprint density at radius 1 is 1.29 bits per heavy atom. The number of hydrogen-bond acceptors (Lipinski definition) is 7. The van der Waals surface area contributed by atoms with Crippen molar-refractivity contribution in [2.75, 3.05) is 37.7 Å². The van der Waals surface area contributed by atoms with Crippen LogP contribution in [0.3, 0.4) is 0 Å². The average molecular weight is 503 g/mol. The van der Waals surface area contributed by atoms with Gasteiger partial charge in [-0.05, 0) is 25.1 Å². The Labute approximate surface area is 206 Å². The number of carbonyl (C=O) groups is 2. The van der Waals surface area contributed by atoms with Crippen LogP contribution < -0.4 is 9.64 Å². The number of fused-ring (bicyclic) bond motifs is 2. The molecule has 9 nitrogen and oxygen atoms in total. The number of aromatic nitrogens is 1. The number of nitrogens with zero attached hydrogens (tertiary/aromatic N) is 4. The predicted molar refractivity (Wildman–Crippen MR) is 126 cm³/mol. The Morgan fingerprint density at radius 2 is 2.06 bits per heavy atom. The Kier molecular flexibility index (Phi) is 5.80. The number of aliphatic hydroxyl groups is 1. The molecule has 5 rings (SSSR count). The van der Waals surface area contributed by atoms with E-state index < -0.39 is 18.0 Å². The average Bonchev–Trinajstić information content (AvgIpc) is 3.00. The summed E-state index contributed by atoms with van der Waals surface area (Å²) in [4.78, 5) is 35.5. The van der Waals surface area contributed by atoms with Crippen molar-refractivity contribution in [3.8, 4) is 22.8 Å². The number of β-amino-alcohol motifs (C(OH)–C–C–N with tert-alkyl or cyclic N) is 1. The van der Waals surface area contributed by atoms with Gasteiger partial charge in [0, 0.05) is 26.2 Å². The zero-order valence-electron chi connectivity index (χ0n) is 18.9. The Morgan fingerprint density at radius 3 is 2.71 bits per heavy atom. The molecular formula is C24H24ClFN4O5. The van der Waals surface area contributed by atoms with E-state index in [0.717, 1.165) is 0 Å². The summed E-state index contributed by atoms with van der Waals surface area (Å²) in [7, 11) is 0. The monoisotopic (exact) mass is 502 g/mol. The third kappa shape index (κ3) is 3.68. The standard InChI is InChI=1S/C24H24ClFN4O5/c1-3-17(33)28-7-8-29-13(9-28)11-35-22-19(24(29)34)23(30-10-16(32)12(30)2)27-21(20(22)25)18-14(26)5-4-6-15(18)31/h3-6,12-13,16,31-32H,1,7-11H2,2H3/t12-,13+,16+/m0/s1. The van der Waals surface area contributed by atoms with Gasteiger partial charge in [0.05, 0.1) is 23.8 Å². The number of rotatable bonds is 3. The van der Waals surface area contributed by atoms with Crippen LogP contribution in [0.2, 0.25) is 5.02 Å². The van der Waals surface area contributed by atoms with Gasteiger partial charge in [0.1, 0.15) is 40.3 Å². The summed E-state index contributed by atoms with van der Waals surface area (Å²) in [5.41, 5.74) is -0.170. The lowest BCUT2D eigenvalue weighted by Crippen LogP contribution is -2.60. The number of piperazine rings is 1. The highest BCUT2D eigenvalue weighted by molar-refractivity contribution is 6.35. The number of hydrogen-bond donors (Lipinski definition) is 2. The molecule has 11 heteroatoms. The van der Waals surface area contributed by atoms with Gasteiger partial charge in [-0.15, -0.1) is 0 Å². The molecule has 0 bridgehead atoms. The maximum Gasteiger partial charge on any atom is 0.261 e. The molecule has 3 aliphatic rings. The first-order chi connectivity index (χ1) is 16.7. The highest BCUT2D eigenvalue weighted by atomic mass is 35.5. The molecule has 0 spiro atoms. The fourth-order valence-electron chi connectivity index (χ4n) is 4.77. The van der Waals surface area contributed by atoms with Gasteiger partial charge in [-0.2, -0.15) is 0 Å². The number of pyridine rings is 1. The molecule has 0 unspecified atom stereocenters. The molecular weight excluding hydrogens is 479 g/mol. The molecule has 2 aromatic rings. The summed E-state index contributed by atoms with van der Waals surface area (Å²) in [6, 6.07) is 3.04. The molecule has 3 atom stereocenters. The number of benzene rings is 1. The lowest BCUT2D eigenvalue weighted by molar-refractivity contribution is -0.128. The van der Waals surface area contributed by atoms with Crippen molar-refractivity contribution in [2.45, 2.75) is 25.1 Å². The summed E-state index contributed by atoms with van der Waals surface area (Å²) < 4.78 is 20.8. The van der Waals surface area contributed by atoms with E-state index in [-0.39, 0.29) is 83.3 Å². The van der Waals surface area contributed by atoms with E-state index in [4.69, 9.17) is 16.3 Å². The number of anilines is 1. The van der Waals surface area contributed by atoms with Crippen LogP contribution in [-0.4, -0.2) is 87.8 Å². The molecule has 0 aliphatic carbocycles. The van der Waals surface area contributed by atoms with Crippen molar-refractivity contribution in [1.29, 1.82) is 0 Å². The fourth-order valence-corrected chi connectivity index (χ4v) is 5.05. The van der Waals surface area contributed by atoms with Gasteiger partial charge < -0.3 is 29.6 Å². The van der Waals surface area contributed by atoms with Gasteiger partial charge in [-0.3, -0.25) is 9.59 Å². The fraction of sp³-hybridized carbons (Fsp3) is 0.375. The van der Waals surface area contributed by atoms with Crippen LogP contribution in [0.4, 0.5) is 10.2 Å². The Bertz CT molecular complexity index is 1220. The van der Waals surface area contributed by atoms with Crippen molar-refractivity contribution < 1.29 is 28.9 Å². The van der Waals surface area contributed by atoms with Crippen LogP contribution >= 0.6 is 11.6 Å². The van der Waals surface area contributed by atoms with Crippen molar-refractivity contribution >= 4 is 29.2 Å². The van der Waals surface area contributed by atoms with Crippen LogP contribution in [0.15, 0.2) is 30.9 Å². The molecule has 0 radical (unpaired) electrons. The number of carbonyl (C=O) groups excluding carboxylic acids is 2. The van der Waals surface area contributed by atoms with E-state index in [9.17, 15) is 24.2 Å². The van der Waals surface area contributed by atoms with Gasteiger partial charge in [0.25, 0.3) is 5.91 Å². The first kappa shape index (κ1) is 23.4. The molecule has 4 heterocycles. The largest absolute Gasteiger partial charge is 0.507 e. The number of aromatic hydroxyl groups is 1. The van der Waals surface area contributed by atoms with Crippen molar-refractivity contribution in [2.24, 2.45) is 0 Å². The zero-order valence-corrected chi connectivity index (χ0v) is 19.7. The zero-order chi connectivity index (χ0) is 25.0. The van der Waals surface area contributed by atoms with Crippen LogP contribution in [-0.2, 0) is 4.79 Å². The molecule has 0 saturated carbocycles. The summed E-state index contributed by atoms with van der Waals surface area (Å²) in [6.07, 6.45) is 0.600. The van der Waals surface area contributed by atoms with E-state index >= 15 is 0 Å². The molecule has 1 aromatic carbocycles. The number of amides is 2. The minimum atomic E-state index is -0.738. The minimum Gasteiger partial charge on any atom is -0.507 e. The van der Waals surface area contributed by atoms with Crippen LogP contribution in [0, 0.1) is 5.82 Å². The number of aliphatic hydroxyl groups excluding tert-OH is 1. The number of phenolic OH excluding ortho intramolecular Hbond substituents is 1. The summed E-state index contributed by atoms with van der Waals surface area (Å²) in [5.74, 6) is -1.50. The highest BCUT2D eigenvalue weighted by Gasteiger charge is 2.44. The van der Waals surface area contributed by atoms with Gasteiger partial charge in [-0.25, -0.2) is 9.37 Å². The van der Waals surface area contributed by atoms with E-state index in [1.165, 1.54) is 24.3 Å². The van der Waals surface area contributed by atoms with Crippen molar-refractivity contribution in [3.05, 3.63) is 47.3 Å². The van der Waals surface area contributed by atoms with Crippen molar-refractivity contribution in [3.63, 3.8) is 0 Å². The first-order valence-electron chi connectivity index (χ1n) is 11.2. The number of ether oxygens (including phenoxy) is 1. The van der Waals surface area contributed by atoms with Gasteiger partial charge in [-0.1, -0.05) is 24.2 Å². The maximum absolute atomic E-state index is 14.8. The normalized spacial score (nSPS) is 23.6. The van der Waals surface area contributed by atoms with E-state index in [1.807, 2.05) is 0 Å². The van der Waals surface area contributed by atoms with Crippen LogP contribution in [0.5, 0.6) is 11.5 Å². The molecule has 1 aromatic heterocycles. The van der Waals surface area contributed by atoms with Gasteiger partial charge >= 0.3 is 0 Å². The smallest absolute Gasteiger partial charge is 0.261 e. The van der Waals surface area contributed by atoms with Crippen LogP contribution in [0.25, 0.3) is 11.3 Å². The van der Waals surface area contributed by atoms with Crippen molar-refractivity contribution in [1.82, 2.24) is 14.8 Å². The topological polar surface area (TPSA) is 106 Å². The second-order valence-electron chi connectivity index (χ2n) is 8.85. The molecule has 3 aliphatic heterocycles. The van der Waals surface area contributed by atoms with E-state index in [1.54, 1.807) is 21.6 Å². The summed E-state index contributed by atoms with van der Waals surface area (Å²) >= 11 is 6.66. The Hall–Kier alpha value is -3.37. The quantitative estimate of drug-likeness (QED) is 0.619. The van der Waals surface area contributed by atoms with E-state index in [2.05, 4.69) is 11.6 Å². The number of halogens is 2. The van der Waals surface area contributed by atoms with E-state index in [0.29, 0.717) is 6.54 Å². The lowest BCUT2D eigenvalue weighted by Gasteiger charge is -2.45. The molecule has 2 saturated heterocycles. The molecule has 2 N–H and O–H groups in total. The summed E-state index contributed by atoms with van der Waals surface area (Å²) in [6.45, 7) is 6.42. The third-order valence-corrected chi connectivity index (χ3v) is 7.22. The third-order valence-electron chi connectivity index (χ3n) is 6.87. The Balaban J connectivity index is 1.66. The number of phenols is 1. The SMILES string of the molecule is C=CC(=O)N1CCN2C(=O)c3c(N4C[C@@H](O)[C@@H]4C)nc(-c4c(O)cccc4F)c(Cl)c3OC[C@H]2C1. The van der Waals surface area contributed by atoms with Gasteiger partial charge in [0.2, 0.25) is 5.91 Å². The molecule has 35 heavy (non-hydrogen) atoms. The lowest BCUT2D eigenvalue weighted by atomic mass is 9.98.